The first-order chi connectivity index (χ1) is 10.2. The van der Waals surface area contributed by atoms with Gasteiger partial charge in [-0.2, -0.15) is 0 Å². The maximum absolute atomic E-state index is 5.75. The van der Waals surface area contributed by atoms with Gasteiger partial charge in [-0.25, -0.2) is 4.68 Å². The number of nitrogens with two attached hydrogens (primary N) is 1. The van der Waals surface area contributed by atoms with Crippen LogP contribution in [0.2, 0.25) is 0 Å². The molecule has 1 aromatic carbocycles. The van der Waals surface area contributed by atoms with Crippen LogP contribution in [0.15, 0.2) is 47.1 Å². The Morgan fingerprint density at radius 2 is 1.95 bits per heavy atom. The Hall–Kier alpha value is -2.40. The molecule has 0 amide bonds. The Labute approximate surface area is 123 Å². The van der Waals surface area contributed by atoms with Gasteiger partial charge in [-0.1, -0.05) is 31.2 Å². The minimum atomic E-state index is 0.320. The van der Waals surface area contributed by atoms with Gasteiger partial charge in [-0.05, 0) is 35.7 Å². The predicted molar refractivity (Wildman–Crippen MR) is 81.0 cm³/mol. The van der Waals surface area contributed by atoms with Gasteiger partial charge in [0, 0.05) is 6.54 Å². The number of benzene rings is 1. The third-order valence-electron chi connectivity index (χ3n) is 3.49. The van der Waals surface area contributed by atoms with Crippen molar-refractivity contribution in [3.8, 4) is 17.1 Å². The van der Waals surface area contributed by atoms with E-state index in [4.69, 9.17) is 10.2 Å². The summed E-state index contributed by atoms with van der Waals surface area (Å²) in [5.74, 6) is 1.22. The zero-order valence-electron chi connectivity index (χ0n) is 12.2. The molecule has 5 heteroatoms. The molecule has 0 saturated heterocycles. The molecule has 0 fully saturated rings. The number of hydrogen-bond acceptors (Lipinski definition) is 4. The summed E-state index contributed by atoms with van der Waals surface area (Å²) in [5.41, 5.74) is 9.51. The van der Waals surface area contributed by atoms with E-state index in [0.717, 1.165) is 17.1 Å². The lowest BCUT2D eigenvalue weighted by Crippen LogP contribution is -2.02. The Kier molecular flexibility index (Phi) is 3.58. The SMILES string of the molecule is CC(C)c1ccc(-n2nnc(CN)c2-c2ccco2)cc1. The van der Waals surface area contributed by atoms with Crippen LogP contribution in [0.25, 0.3) is 17.1 Å². The summed E-state index contributed by atoms with van der Waals surface area (Å²) >= 11 is 0. The van der Waals surface area contributed by atoms with Crippen molar-refractivity contribution in [2.24, 2.45) is 5.73 Å². The highest BCUT2D eigenvalue weighted by atomic mass is 16.3. The van der Waals surface area contributed by atoms with Crippen molar-refractivity contribution in [2.75, 3.05) is 0 Å². The van der Waals surface area contributed by atoms with E-state index in [-0.39, 0.29) is 0 Å². The van der Waals surface area contributed by atoms with Crippen molar-refractivity contribution >= 4 is 0 Å². The van der Waals surface area contributed by atoms with Crippen molar-refractivity contribution in [3.05, 3.63) is 53.9 Å². The lowest BCUT2D eigenvalue weighted by atomic mass is 10.0. The standard InChI is InChI=1S/C16H18N4O/c1-11(2)12-5-7-13(8-6-12)20-16(14(10-17)18-19-20)15-4-3-9-21-15/h3-9,11H,10,17H2,1-2H3. The monoisotopic (exact) mass is 282 g/mol. The van der Waals surface area contributed by atoms with E-state index in [9.17, 15) is 0 Å². The van der Waals surface area contributed by atoms with Crippen LogP contribution in [0, 0.1) is 0 Å². The lowest BCUT2D eigenvalue weighted by Gasteiger charge is -2.08. The maximum Gasteiger partial charge on any atom is 0.154 e. The summed E-state index contributed by atoms with van der Waals surface area (Å²) in [6.07, 6.45) is 1.63. The zero-order valence-corrected chi connectivity index (χ0v) is 12.2. The highest BCUT2D eigenvalue weighted by molar-refractivity contribution is 5.58. The predicted octanol–water partition coefficient (Wildman–Crippen LogP) is 3.11. The highest BCUT2D eigenvalue weighted by Gasteiger charge is 2.17. The number of nitrogens with zero attached hydrogens (tertiary/aromatic N) is 3. The molecule has 0 aliphatic carbocycles. The van der Waals surface area contributed by atoms with E-state index < -0.39 is 0 Å². The molecule has 3 aromatic rings. The van der Waals surface area contributed by atoms with Crippen molar-refractivity contribution in [1.29, 1.82) is 0 Å². The van der Waals surface area contributed by atoms with Gasteiger partial charge in [0.15, 0.2) is 5.76 Å². The quantitative estimate of drug-likeness (QED) is 0.798. The average molecular weight is 282 g/mol. The van der Waals surface area contributed by atoms with Crippen LogP contribution in [0.3, 0.4) is 0 Å². The Bertz CT molecular complexity index is 711. The molecule has 5 nitrogen and oxygen atoms in total. The molecular formula is C16H18N4O. The molecule has 3 rings (SSSR count). The van der Waals surface area contributed by atoms with E-state index >= 15 is 0 Å². The molecule has 2 heterocycles. The number of hydrogen-bond donors (Lipinski definition) is 1. The topological polar surface area (TPSA) is 69.9 Å². The van der Waals surface area contributed by atoms with Crippen LogP contribution in [0.5, 0.6) is 0 Å². The van der Waals surface area contributed by atoms with Crippen LogP contribution in [0.4, 0.5) is 0 Å². The number of rotatable bonds is 4. The summed E-state index contributed by atoms with van der Waals surface area (Å²) in [4.78, 5) is 0. The molecule has 0 aliphatic rings. The Morgan fingerprint density at radius 1 is 1.19 bits per heavy atom. The smallest absolute Gasteiger partial charge is 0.154 e. The maximum atomic E-state index is 5.75. The second kappa shape index (κ2) is 5.54. The summed E-state index contributed by atoms with van der Waals surface area (Å²) < 4.78 is 7.26. The van der Waals surface area contributed by atoms with Gasteiger partial charge in [0.2, 0.25) is 0 Å². The van der Waals surface area contributed by atoms with Crippen molar-refractivity contribution in [1.82, 2.24) is 15.0 Å². The van der Waals surface area contributed by atoms with Gasteiger partial charge in [-0.15, -0.1) is 5.10 Å². The summed E-state index contributed by atoms with van der Waals surface area (Å²) in [5, 5.41) is 8.37. The molecule has 108 valence electrons. The minimum Gasteiger partial charge on any atom is -0.463 e. The van der Waals surface area contributed by atoms with E-state index in [1.165, 1.54) is 5.56 Å². The summed E-state index contributed by atoms with van der Waals surface area (Å²) in [6, 6.07) is 12.0. The minimum absolute atomic E-state index is 0.320. The second-order valence-electron chi connectivity index (χ2n) is 5.22. The van der Waals surface area contributed by atoms with Crippen LogP contribution < -0.4 is 5.73 Å². The average Bonchev–Trinajstić information content (AvgIpc) is 3.15. The molecule has 0 spiro atoms. The van der Waals surface area contributed by atoms with Gasteiger partial charge in [0.25, 0.3) is 0 Å². The molecule has 0 saturated carbocycles. The molecule has 0 unspecified atom stereocenters. The molecule has 0 aliphatic heterocycles. The van der Waals surface area contributed by atoms with Gasteiger partial charge < -0.3 is 10.2 Å². The molecule has 21 heavy (non-hydrogen) atoms. The Morgan fingerprint density at radius 3 is 2.52 bits per heavy atom. The largest absolute Gasteiger partial charge is 0.463 e. The first kappa shape index (κ1) is 13.6. The normalized spacial score (nSPS) is 11.2. The second-order valence-corrected chi connectivity index (χ2v) is 5.22. The van der Waals surface area contributed by atoms with Gasteiger partial charge in [0.1, 0.15) is 11.4 Å². The van der Waals surface area contributed by atoms with Crippen LogP contribution >= 0.6 is 0 Å². The number of furan rings is 1. The number of aromatic nitrogens is 3. The molecule has 0 radical (unpaired) electrons. The summed E-state index contributed by atoms with van der Waals surface area (Å²) in [6.45, 7) is 4.66. The molecule has 0 bridgehead atoms. The zero-order chi connectivity index (χ0) is 14.8. The van der Waals surface area contributed by atoms with Gasteiger partial charge in [0.05, 0.1) is 12.0 Å². The fraction of sp³-hybridized carbons (Fsp3) is 0.250. The summed E-state index contributed by atoms with van der Waals surface area (Å²) in [7, 11) is 0. The van der Waals surface area contributed by atoms with Crippen LogP contribution in [-0.2, 0) is 6.54 Å². The van der Waals surface area contributed by atoms with E-state index in [2.05, 4.69) is 36.3 Å². The van der Waals surface area contributed by atoms with Crippen molar-refractivity contribution in [2.45, 2.75) is 26.3 Å². The first-order valence-corrected chi connectivity index (χ1v) is 6.99. The fourth-order valence-corrected chi connectivity index (χ4v) is 2.29. The van der Waals surface area contributed by atoms with Crippen molar-refractivity contribution < 1.29 is 4.42 Å². The molecular weight excluding hydrogens is 264 g/mol. The Balaban J connectivity index is 2.08. The third-order valence-corrected chi connectivity index (χ3v) is 3.49. The van der Waals surface area contributed by atoms with E-state index in [1.807, 2.05) is 24.3 Å². The first-order valence-electron chi connectivity index (χ1n) is 6.99. The van der Waals surface area contributed by atoms with Gasteiger partial charge >= 0.3 is 0 Å². The molecule has 2 aromatic heterocycles. The van der Waals surface area contributed by atoms with Gasteiger partial charge in [-0.3, -0.25) is 0 Å². The van der Waals surface area contributed by atoms with E-state index in [0.29, 0.717) is 18.2 Å². The molecule has 0 atom stereocenters. The molecule has 2 N–H and O–H groups in total. The third kappa shape index (κ3) is 2.48. The van der Waals surface area contributed by atoms with E-state index in [1.54, 1.807) is 10.9 Å². The highest BCUT2D eigenvalue weighted by Crippen LogP contribution is 2.26. The van der Waals surface area contributed by atoms with Crippen molar-refractivity contribution in [3.63, 3.8) is 0 Å². The van der Waals surface area contributed by atoms with Crippen LogP contribution in [-0.4, -0.2) is 15.0 Å². The fourth-order valence-electron chi connectivity index (χ4n) is 2.29. The van der Waals surface area contributed by atoms with Crippen LogP contribution in [0.1, 0.15) is 31.0 Å². The lowest BCUT2D eigenvalue weighted by molar-refractivity contribution is 0.576.